The molecule has 1 aromatic rings. The van der Waals surface area contributed by atoms with E-state index in [1.54, 1.807) is 6.08 Å². The van der Waals surface area contributed by atoms with E-state index in [-0.39, 0.29) is 19.2 Å². The third kappa shape index (κ3) is 5.35. The normalized spacial score (nSPS) is 10.5. The smallest absolute Gasteiger partial charge is 0.324 e. The van der Waals surface area contributed by atoms with Crippen LogP contribution in [0.25, 0.3) is 0 Å². The van der Waals surface area contributed by atoms with Crippen molar-refractivity contribution in [3.8, 4) is 0 Å². The summed E-state index contributed by atoms with van der Waals surface area (Å²) in [6, 6.07) is -0.304. The number of nitrogens with one attached hydrogen (secondary N) is 1. The van der Waals surface area contributed by atoms with Gasteiger partial charge in [0.25, 0.3) is 0 Å². The molecule has 19 heavy (non-hydrogen) atoms. The third-order valence-electron chi connectivity index (χ3n) is 2.27. The van der Waals surface area contributed by atoms with Crippen LogP contribution in [0.1, 0.15) is 18.9 Å². The number of anilines is 1. The number of urea groups is 1. The van der Waals surface area contributed by atoms with Gasteiger partial charge < -0.3 is 10.0 Å². The molecule has 0 aliphatic heterocycles. The predicted molar refractivity (Wildman–Crippen MR) is 76.3 cm³/mol. The predicted octanol–water partition coefficient (Wildman–Crippen LogP) is 1.75. The first kappa shape index (κ1) is 15.6. The van der Waals surface area contributed by atoms with Gasteiger partial charge >= 0.3 is 6.03 Å². The summed E-state index contributed by atoms with van der Waals surface area (Å²) in [5.74, 6) is 0.503. The number of aromatic nitrogens is 2. The second-order valence-corrected chi connectivity index (χ2v) is 5.55. The number of amides is 2. The van der Waals surface area contributed by atoms with Crippen molar-refractivity contribution < 1.29 is 9.90 Å². The van der Waals surface area contributed by atoms with Crippen molar-refractivity contribution in [2.75, 3.05) is 25.0 Å². The summed E-state index contributed by atoms with van der Waals surface area (Å²) in [5.41, 5.74) is 0. The maximum atomic E-state index is 11.9. The van der Waals surface area contributed by atoms with E-state index in [1.165, 1.54) is 16.2 Å². The van der Waals surface area contributed by atoms with Gasteiger partial charge in [0.1, 0.15) is 5.01 Å². The molecule has 0 unspecified atom stereocenters. The Morgan fingerprint density at radius 3 is 2.89 bits per heavy atom. The first-order valence-corrected chi connectivity index (χ1v) is 6.98. The zero-order chi connectivity index (χ0) is 14.3. The minimum atomic E-state index is -0.304. The average Bonchev–Trinajstić information content (AvgIpc) is 2.75. The maximum absolute atomic E-state index is 11.9. The van der Waals surface area contributed by atoms with Crippen molar-refractivity contribution in [3.05, 3.63) is 17.7 Å². The van der Waals surface area contributed by atoms with Crippen LogP contribution < -0.4 is 5.32 Å². The highest BCUT2D eigenvalue weighted by atomic mass is 32.1. The van der Waals surface area contributed by atoms with Crippen LogP contribution in [-0.2, 0) is 6.42 Å². The molecule has 0 aliphatic rings. The summed E-state index contributed by atoms with van der Waals surface area (Å²) < 4.78 is 0. The van der Waals surface area contributed by atoms with Crippen LogP contribution in [0.15, 0.2) is 12.7 Å². The van der Waals surface area contributed by atoms with Gasteiger partial charge in [-0.15, -0.1) is 16.8 Å². The molecule has 0 aromatic carbocycles. The average molecular weight is 284 g/mol. The molecule has 0 fully saturated rings. The summed E-state index contributed by atoms with van der Waals surface area (Å²) in [6.07, 6.45) is 2.46. The molecule has 0 aliphatic carbocycles. The highest BCUT2D eigenvalue weighted by Crippen LogP contribution is 2.18. The Bertz CT molecular complexity index is 420. The Balaban J connectivity index is 2.59. The van der Waals surface area contributed by atoms with Crippen LogP contribution in [0.5, 0.6) is 0 Å². The van der Waals surface area contributed by atoms with E-state index in [4.69, 9.17) is 5.11 Å². The fourth-order valence-electron chi connectivity index (χ4n) is 1.46. The van der Waals surface area contributed by atoms with Crippen molar-refractivity contribution >= 4 is 22.5 Å². The lowest BCUT2D eigenvalue weighted by molar-refractivity contribution is 0.195. The van der Waals surface area contributed by atoms with Gasteiger partial charge in [0, 0.05) is 19.5 Å². The van der Waals surface area contributed by atoms with Gasteiger partial charge in [-0.1, -0.05) is 31.3 Å². The number of hydrogen-bond donors (Lipinski definition) is 2. The van der Waals surface area contributed by atoms with Gasteiger partial charge in [0.2, 0.25) is 5.13 Å². The van der Waals surface area contributed by atoms with Crippen LogP contribution in [-0.4, -0.2) is 45.9 Å². The number of nitrogens with zero attached hydrogens (tertiary/aromatic N) is 3. The number of carbonyl (C=O) groups excluding carboxylic acids is 1. The molecule has 0 radical (unpaired) electrons. The molecule has 0 spiro atoms. The van der Waals surface area contributed by atoms with Crippen LogP contribution in [0.4, 0.5) is 9.93 Å². The first-order chi connectivity index (χ1) is 9.06. The topological polar surface area (TPSA) is 78.4 Å². The fourth-order valence-corrected chi connectivity index (χ4v) is 2.40. The molecule has 0 saturated heterocycles. The Morgan fingerprint density at radius 1 is 1.58 bits per heavy atom. The monoisotopic (exact) mass is 284 g/mol. The summed E-state index contributed by atoms with van der Waals surface area (Å²) in [7, 11) is 0. The molecule has 1 rings (SSSR count). The number of aliphatic hydroxyl groups is 1. The lowest BCUT2D eigenvalue weighted by Crippen LogP contribution is -2.37. The Morgan fingerprint density at radius 2 is 2.32 bits per heavy atom. The number of aliphatic hydroxyl groups excluding tert-OH is 1. The van der Waals surface area contributed by atoms with Crippen LogP contribution in [0, 0.1) is 5.92 Å². The summed E-state index contributed by atoms with van der Waals surface area (Å²) >= 11 is 1.37. The number of hydrogen-bond acceptors (Lipinski definition) is 5. The maximum Gasteiger partial charge on any atom is 0.324 e. The van der Waals surface area contributed by atoms with Gasteiger partial charge in [0.05, 0.1) is 6.61 Å². The first-order valence-electron chi connectivity index (χ1n) is 6.16. The van der Waals surface area contributed by atoms with E-state index in [0.29, 0.717) is 17.6 Å². The Kier molecular flexibility index (Phi) is 6.44. The van der Waals surface area contributed by atoms with Crippen molar-refractivity contribution in [2.24, 2.45) is 5.92 Å². The third-order valence-corrected chi connectivity index (χ3v) is 3.13. The molecule has 0 atom stereocenters. The summed E-state index contributed by atoms with van der Waals surface area (Å²) in [6.45, 7) is 8.34. The second-order valence-electron chi connectivity index (χ2n) is 4.49. The van der Waals surface area contributed by atoms with Crippen molar-refractivity contribution in [1.29, 1.82) is 0 Å². The SMILES string of the molecule is C=CCN(CCO)C(=O)Nc1nnc(CC(C)C)s1. The number of carbonyl (C=O) groups is 1. The van der Waals surface area contributed by atoms with Crippen LogP contribution in [0.3, 0.4) is 0 Å². The van der Waals surface area contributed by atoms with Gasteiger partial charge in [-0.2, -0.15) is 0 Å². The summed E-state index contributed by atoms with van der Waals surface area (Å²) in [4.78, 5) is 13.4. The zero-order valence-electron chi connectivity index (χ0n) is 11.3. The number of rotatable bonds is 7. The Labute approximate surface area is 117 Å². The van der Waals surface area contributed by atoms with Gasteiger partial charge in [0.15, 0.2) is 0 Å². The van der Waals surface area contributed by atoms with E-state index in [9.17, 15) is 4.79 Å². The molecule has 1 aromatic heterocycles. The molecule has 0 saturated carbocycles. The standard InChI is InChI=1S/C12H20N4O2S/c1-4-5-16(6-7-17)12(18)13-11-15-14-10(19-11)8-9(2)3/h4,9,17H,1,5-8H2,2-3H3,(H,13,15,18). The molecule has 2 amide bonds. The van der Waals surface area contributed by atoms with Crippen LogP contribution in [0.2, 0.25) is 0 Å². The quantitative estimate of drug-likeness (QED) is 0.748. The van der Waals surface area contributed by atoms with E-state index >= 15 is 0 Å². The highest BCUT2D eigenvalue weighted by Gasteiger charge is 2.14. The lowest BCUT2D eigenvalue weighted by Gasteiger charge is -2.19. The molecular formula is C12H20N4O2S. The van der Waals surface area contributed by atoms with Gasteiger partial charge in [-0.25, -0.2) is 4.79 Å². The fraction of sp³-hybridized carbons (Fsp3) is 0.583. The highest BCUT2D eigenvalue weighted by molar-refractivity contribution is 7.15. The van der Waals surface area contributed by atoms with Crippen molar-refractivity contribution in [3.63, 3.8) is 0 Å². The van der Waals surface area contributed by atoms with Crippen LogP contribution >= 0.6 is 11.3 Å². The largest absolute Gasteiger partial charge is 0.395 e. The minimum Gasteiger partial charge on any atom is -0.395 e. The molecule has 1 heterocycles. The molecule has 106 valence electrons. The second kappa shape index (κ2) is 7.85. The van der Waals surface area contributed by atoms with Crippen molar-refractivity contribution in [2.45, 2.75) is 20.3 Å². The van der Waals surface area contributed by atoms with Crippen molar-refractivity contribution in [1.82, 2.24) is 15.1 Å². The van der Waals surface area contributed by atoms with E-state index in [0.717, 1.165) is 11.4 Å². The van der Waals surface area contributed by atoms with E-state index < -0.39 is 0 Å². The minimum absolute atomic E-state index is 0.0873. The summed E-state index contributed by atoms with van der Waals surface area (Å²) in [5, 5.41) is 20.9. The lowest BCUT2D eigenvalue weighted by atomic mass is 10.1. The van der Waals surface area contributed by atoms with Gasteiger partial charge in [-0.3, -0.25) is 5.32 Å². The molecule has 6 nitrogen and oxygen atoms in total. The molecule has 2 N–H and O–H groups in total. The molecular weight excluding hydrogens is 264 g/mol. The Hall–Kier alpha value is -1.47. The van der Waals surface area contributed by atoms with E-state index in [2.05, 4.69) is 35.9 Å². The molecule has 0 bridgehead atoms. The zero-order valence-corrected chi connectivity index (χ0v) is 12.1. The van der Waals surface area contributed by atoms with Gasteiger partial charge in [-0.05, 0) is 5.92 Å². The molecule has 7 heteroatoms. The van der Waals surface area contributed by atoms with E-state index in [1.807, 2.05) is 0 Å².